The molecule has 0 aliphatic carbocycles. The highest BCUT2D eigenvalue weighted by Crippen LogP contribution is 2.23. The molecule has 82 valence electrons. The van der Waals surface area contributed by atoms with Crippen molar-refractivity contribution in [2.75, 3.05) is 13.2 Å². The maximum absolute atomic E-state index is 11.1. The van der Waals surface area contributed by atoms with Crippen molar-refractivity contribution < 1.29 is 9.53 Å². The molecule has 1 fully saturated rings. The van der Waals surface area contributed by atoms with Crippen molar-refractivity contribution in [2.45, 2.75) is 39.7 Å². The van der Waals surface area contributed by atoms with Gasteiger partial charge in [0, 0.05) is 26.2 Å². The minimum Gasteiger partial charge on any atom is -0.381 e. The van der Waals surface area contributed by atoms with E-state index in [0.29, 0.717) is 17.9 Å². The first kappa shape index (κ1) is 11.5. The van der Waals surface area contributed by atoms with Crippen molar-refractivity contribution in [3.8, 4) is 0 Å². The van der Waals surface area contributed by atoms with E-state index in [1.807, 2.05) is 0 Å². The van der Waals surface area contributed by atoms with Crippen molar-refractivity contribution in [3.63, 3.8) is 0 Å². The van der Waals surface area contributed by atoms with Crippen LogP contribution in [0.25, 0.3) is 0 Å². The molecule has 0 aromatic rings. The minimum atomic E-state index is 0.0789. The smallest absolute Gasteiger partial charge is 0.217 e. The van der Waals surface area contributed by atoms with E-state index in [0.717, 1.165) is 26.1 Å². The van der Waals surface area contributed by atoms with E-state index in [-0.39, 0.29) is 5.91 Å². The highest BCUT2D eigenvalue weighted by atomic mass is 16.5. The van der Waals surface area contributed by atoms with Crippen LogP contribution in [0.15, 0.2) is 0 Å². The zero-order valence-corrected chi connectivity index (χ0v) is 9.38. The third kappa shape index (κ3) is 3.29. The van der Waals surface area contributed by atoms with E-state index in [1.165, 1.54) is 0 Å². The summed E-state index contributed by atoms with van der Waals surface area (Å²) in [5.74, 6) is 1.17. The van der Waals surface area contributed by atoms with E-state index < -0.39 is 0 Å². The van der Waals surface area contributed by atoms with Gasteiger partial charge < -0.3 is 10.1 Å². The summed E-state index contributed by atoms with van der Waals surface area (Å²) in [6.45, 7) is 7.60. The van der Waals surface area contributed by atoms with Crippen LogP contribution in [-0.2, 0) is 9.53 Å². The molecule has 1 aliphatic heterocycles. The third-order valence-electron chi connectivity index (χ3n) is 2.86. The van der Waals surface area contributed by atoms with Crippen molar-refractivity contribution >= 4 is 5.91 Å². The van der Waals surface area contributed by atoms with E-state index >= 15 is 0 Å². The lowest BCUT2D eigenvalue weighted by atomic mass is 9.85. The first-order valence-corrected chi connectivity index (χ1v) is 5.46. The molecule has 3 heteroatoms. The van der Waals surface area contributed by atoms with Gasteiger partial charge in [-0.3, -0.25) is 4.79 Å². The predicted octanol–water partition coefficient (Wildman–Crippen LogP) is 1.57. The molecule has 0 spiro atoms. The maximum Gasteiger partial charge on any atom is 0.217 e. The Bertz CT molecular complexity index is 186. The van der Waals surface area contributed by atoms with Gasteiger partial charge in [-0.1, -0.05) is 13.8 Å². The van der Waals surface area contributed by atoms with Crippen LogP contribution in [0.2, 0.25) is 0 Å². The van der Waals surface area contributed by atoms with Gasteiger partial charge in [0.05, 0.1) is 0 Å². The number of ether oxygens (including phenoxy) is 1. The lowest BCUT2D eigenvalue weighted by Crippen LogP contribution is -2.44. The Morgan fingerprint density at radius 2 is 1.93 bits per heavy atom. The molecular weight excluding hydrogens is 178 g/mol. The van der Waals surface area contributed by atoms with Gasteiger partial charge in [-0.15, -0.1) is 0 Å². The van der Waals surface area contributed by atoms with Crippen molar-refractivity contribution in [2.24, 2.45) is 11.8 Å². The van der Waals surface area contributed by atoms with Crippen LogP contribution in [0.1, 0.15) is 33.6 Å². The van der Waals surface area contributed by atoms with Gasteiger partial charge in [0.15, 0.2) is 0 Å². The van der Waals surface area contributed by atoms with Crippen LogP contribution in [0.3, 0.4) is 0 Å². The largest absolute Gasteiger partial charge is 0.381 e. The monoisotopic (exact) mass is 199 g/mol. The lowest BCUT2D eigenvalue weighted by molar-refractivity contribution is -0.120. The Labute approximate surface area is 86.2 Å². The highest BCUT2D eigenvalue weighted by molar-refractivity contribution is 5.73. The second kappa shape index (κ2) is 5.35. The fourth-order valence-electron chi connectivity index (χ4n) is 2.14. The van der Waals surface area contributed by atoms with Crippen LogP contribution in [0.5, 0.6) is 0 Å². The zero-order chi connectivity index (χ0) is 10.6. The lowest BCUT2D eigenvalue weighted by Gasteiger charge is -2.33. The first-order valence-electron chi connectivity index (χ1n) is 5.46. The molecule has 1 heterocycles. The molecule has 0 saturated carbocycles. The van der Waals surface area contributed by atoms with Crippen LogP contribution in [0.4, 0.5) is 0 Å². The normalized spacial score (nSPS) is 20.9. The van der Waals surface area contributed by atoms with Gasteiger partial charge in [-0.05, 0) is 24.7 Å². The second-order valence-electron chi connectivity index (χ2n) is 4.42. The molecular formula is C11H21NO2. The maximum atomic E-state index is 11.1. The summed E-state index contributed by atoms with van der Waals surface area (Å²) in [6.07, 6.45) is 2.15. The molecule has 1 amide bonds. The molecule has 1 atom stereocenters. The Hall–Kier alpha value is -0.570. The fraction of sp³-hybridized carbons (Fsp3) is 0.909. The molecule has 0 radical (unpaired) electrons. The summed E-state index contributed by atoms with van der Waals surface area (Å²) < 4.78 is 5.32. The average molecular weight is 199 g/mol. The van der Waals surface area contributed by atoms with Gasteiger partial charge >= 0.3 is 0 Å². The Kier molecular flexibility index (Phi) is 4.39. The number of rotatable bonds is 3. The second-order valence-corrected chi connectivity index (χ2v) is 4.42. The Morgan fingerprint density at radius 1 is 1.36 bits per heavy atom. The summed E-state index contributed by atoms with van der Waals surface area (Å²) in [5, 5.41) is 3.05. The summed E-state index contributed by atoms with van der Waals surface area (Å²) >= 11 is 0. The van der Waals surface area contributed by atoms with Crippen molar-refractivity contribution in [1.29, 1.82) is 0 Å². The highest BCUT2D eigenvalue weighted by Gasteiger charge is 2.26. The van der Waals surface area contributed by atoms with Gasteiger partial charge in [-0.2, -0.15) is 0 Å². The van der Waals surface area contributed by atoms with Crippen molar-refractivity contribution in [1.82, 2.24) is 5.32 Å². The predicted molar refractivity (Wildman–Crippen MR) is 56.0 cm³/mol. The van der Waals surface area contributed by atoms with Crippen LogP contribution >= 0.6 is 0 Å². The number of nitrogens with one attached hydrogen (secondary N) is 1. The molecule has 0 bridgehead atoms. The number of hydrogen-bond donors (Lipinski definition) is 1. The molecule has 0 aromatic heterocycles. The molecule has 0 aromatic carbocycles. The average Bonchev–Trinajstić information content (AvgIpc) is 2.15. The number of amides is 1. The molecule has 3 nitrogen and oxygen atoms in total. The van der Waals surface area contributed by atoms with Gasteiger partial charge in [0.1, 0.15) is 0 Å². The number of hydrogen-bond acceptors (Lipinski definition) is 2. The quantitative estimate of drug-likeness (QED) is 0.749. The summed E-state index contributed by atoms with van der Waals surface area (Å²) in [7, 11) is 0. The summed E-state index contributed by atoms with van der Waals surface area (Å²) in [4.78, 5) is 11.1. The standard InChI is InChI=1S/C11H21NO2/c1-8(2)11(12-9(3)13)10-4-6-14-7-5-10/h8,10-11H,4-7H2,1-3H3,(H,12,13)/t11-/m0/s1. The molecule has 1 saturated heterocycles. The SMILES string of the molecule is CC(=O)N[C@@H](C(C)C)C1CCOCC1. The Morgan fingerprint density at radius 3 is 2.36 bits per heavy atom. The molecule has 1 rings (SSSR count). The van der Waals surface area contributed by atoms with Crippen molar-refractivity contribution in [3.05, 3.63) is 0 Å². The topological polar surface area (TPSA) is 38.3 Å². The zero-order valence-electron chi connectivity index (χ0n) is 9.38. The van der Waals surface area contributed by atoms with Gasteiger partial charge in [0.25, 0.3) is 0 Å². The van der Waals surface area contributed by atoms with Gasteiger partial charge in [-0.25, -0.2) is 0 Å². The fourth-order valence-corrected chi connectivity index (χ4v) is 2.14. The van der Waals surface area contributed by atoms with E-state index in [4.69, 9.17) is 4.74 Å². The first-order chi connectivity index (χ1) is 6.61. The third-order valence-corrected chi connectivity index (χ3v) is 2.86. The van der Waals surface area contributed by atoms with Gasteiger partial charge in [0.2, 0.25) is 5.91 Å². The van der Waals surface area contributed by atoms with E-state index in [9.17, 15) is 4.79 Å². The summed E-state index contributed by atoms with van der Waals surface area (Å²) in [6, 6.07) is 0.316. The molecule has 1 aliphatic rings. The number of carbonyl (C=O) groups excluding carboxylic acids is 1. The minimum absolute atomic E-state index is 0.0789. The number of carbonyl (C=O) groups is 1. The van der Waals surface area contributed by atoms with E-state index in [1.54, 1.807) is 6.92 Å². The Balaban J connectivity index is 2.51. The molecule has 14 heavy (non-hydrogen) atoms. The molecule has 1 N–H and O–H groups in total. The van der Waals surface area contributed by atoms with Crippen LogP contribution in [0, 0.1) is 11.8 Å². The summed E-state index contributed by atoms with van der Waals surface area (Å²) in [5.41, 5.74) is 0. The van der Waals surface area contributed by atoms with E-state index in [2.05, 4.69) is 19.2 Å². The van der Waals surface area contributed by atoms with Crippen LogP contribution < -0.4 is 5.32 Å². The molecule has 0 unspecified atom stereocenters. The van der Waals surface area contributed by atoms with Crippen LogP contribution in [-0.4, -0.2) is 25.2 Å².